The molecule has 1 N–H and O–H groups in total. The van der Waals surface area contributed by atoms with Crippen molar-refractivity contribution in [1.82, 2.24) is 14.5 Å². The maximum atomic E-state index is 12.9. The van der Waals surface area contributed by atoms with Crippen molar-refractivity contribution >= 4 is 10.0 Å². The fourth-order valence-corrected chi connectivity index (χ4v) is 4.74. The highest BCUT2D eigenvalue weighted by Crippen LogP contribution is 2.31. The minimum absolute atomic E-state index is 0.271. The summed E-state index contributed by atoms with van der Waals surface area (Å²) in [5, 5.41) is 4.17. The monoisotopic (exact) mass is 363 g/mol. The number of hydrogen-bond donors (Lipinski definition) is 1. The van der Waals surface area contributed by atoms with E-state index in [4.69, 9.17) is 9.47 Å². The molecule has 1 saturated heterocycles. The Morgan fingerprint density at radius 2 is 2.20 bits per heavy atom. The first-order valence-corrected chi connectivity index (χ1v) is 9.89. The Labute approximate surface area is 147 Å². The number of hydrogen-bond acceptors (Lipinski definition) is 5. The highest BCUT2D eigenvalue weighted by molar-refractivity contribution is 7.89. The first kappa shape index (κ1) is 16.6. The summed E-state index contributed by atoms with van der Waals surface area (Å²) in [7, 11) is -1.80. The van der Waals surface area contributed by atoms with Crippen molar-refractivity contribution in [2.45, 2.75) is 36.3 Å². The van der Waals surface area contributed by atoms with E-state index in [1.807, 2.05) is 13.2 Å². The SMILES string of the molecule is Cn1cc([C@H]2OCCC[C@@H]2NS(=O)(=O)c2ccc3c(c2)CCO3)cn1. The highest BCUT2D eigenvalue weighted by Gasteiger charge is 2.32. The summed E-state index contributed by atoms with van der Waals surface area (Å²) >= 11 is 0. The van der Waals surface area contributed by atoms with E-state index in [1.165, 1.54) is 0 Å². The number of sulfonamides is 1. The van der Waals surface area contributed by atoms with Crippen LogP contribution in [0.15, 0.2) is 35.5 Å². The summed E-state index contributed by atoms with van der Waals surface area (Å²) in [5.41, 5.74) is 1.82. The number of ether oxygens (including phenoxy) is 2. The molecule has 3 heterocycles. The van der Waals surface area contributed by atoms with E-state index in [9.17, 15) is 8.42 Å². The largest absolute Gasteiger partial charge is 0.493 e. The lowest BCUT2D eigenvalue weighted by Crippen LogP contribution is -2.42. The second kappa shape index (κ2) is 6.44. The molecule has 1 aromatic heterocycles. The smallest absolute Gasteiger partial charge is 0.240 e. The number of rotatable bonds is 4. The second-order valence-corrected chi connectivity index (χ2v) is 8.19. The molecule has 0 aliphatic carbocycles. The lowest BCUT2D eigenvalue weighted by Gasteiger charge is -2.31. The Balaban J connectivity index is 1.58. The van der Waals surface area contributed by atoms with Gasteiger partial charge >= 0.3 is 0 Å². The molecule has 0 bridgehead atoms. The standard InChI is InChI=1S/C17H21N3O4S/c1-20-11-13(10-18-20)17-15(3-2-7-24-17)19-25(21,22)14-4-5-16-12(9-14)6-8-23-16/h4-5,9-11,15,17,19H,2-3,6-8H2,1H3/t15-,17+/m0/s1. The summed E-state index contributed by atoms with van der Waals surface area (Å²) in [6.07, 6.45) is 5.56. The minimum atomic E-state index is -3.63. The van der Waals surface area contributed by atoms with Crippen LogP contribution in [-0.4, -0.2) is 37.5 Å². The van der Waals surface area contributed by atoms with E-state index < -0.39 is 10.0 Å². The summed E-state index contributed by atoms with van der Waals surface area (Å²) in [6.45, 7) is 1.22. The van der Waals surface area contributed by atoms with Gasteiger partial charge in [-0.2, -0.15) is 5.10 Å². The second-order valence-electron chi connectivity index (χ2n) is 6.48. The minimum Gasteiger partial charge on any atom is -0.493 e. The van der Waals surface area contributed by atoms with Gasteiger partial charge in [0.15, 0.2) is 0 Å². The van der Waals surface area contributed by atoms with Crippen LogP contribution >= 0.6 is 0 Å². The van der Waals surface area contributed by atoms with E-state index in [0.717, 1.165) is 36.1 Å². The van der Waals surface area contributed by atoms with E-state index in [-0.39, 0.29) is 17.0 Å². The van der Waals surface area contributed by atoms with E-state index in [0.29, 0.717) is 13.2 Å². The third kappa shape index (κ3) is 3.29. The molecule has 7 nitrogen and oxygen atoms in total. The van der Waals surface area contributed by atoms with Crippen molar-refractivity contribution in [3.8, 4) is 5.75 Å². The highest BCUT2D eigenvalue weighted by atomic mass is 32.2. The Kier molecular flexibility index (Phi) is 4.26. The van der Waals surface area contributed by atoms with Gasteiger partial charge in [0, 0.05) is 31.8 Å². The van der Waals surface area contributed by atoms with Gasteiger partial charge in [0.1, 0.15) is 11.9 Å². The molecule has 25 heavy (non-hydrogen) atoms. The normalized spacial score (nSPS) is 23.2. The van der Waals surface area contributed by atoms with Gasteiger partial charge in [-0.1, -0.05) is 0 Å². The van der Waals surface area contributed by atoms with Gasteiger partial charge in [-0.05, 0) is 36.6 Å². The molecule has 8 heteroatoms. The summed E-state index contributed by atoms with van der Waals surface area (Å²) in [4.78, 5) is 0.271. The number of aryl methyl sites for hydroxylation is 1. The van der Waals surface area contributed by atoms with Gasteiger partial charge in [-0.15, -0.1) is 0 Å². The van der Waals surface area contributed by atoms with Crippen LogP contribution in [-0.2, 0) is 28.2 Å². The number of aromatic nitrogens is 2. The molecular formula is C17H21N3O4S. The van der Waals surface area contributed by atoms with Crippen LogP contribution in [0.4, 0.5) is 0 Å². The predicted molar refractivity (Wildman–Crippen MR) is 90.9 cm³/mol. The zero-order valence-corrected chi connectivity index (χ0v) is 14.8. The fraction of sp³-hybridized carbons (Fsp3) is 0.471. The summed E-state index contributed by atoms with van der Waals surface area (Å²) < 4.78 is 41.5. The average molecular weight is 363 g/mol. The third-order valence-corrected chi connectivity index (χ3v) is 6.14. The molecule has 2 aliphatic heterocycles. The molecule has 2 aromatic rings. The molecule has 0 amide bonds. The van der Waals surface area contributed by atoms with Crippen LogP contribution in [0.5, 0.6) is 5.75 Å². The third-order valence-electron chi connectivity index (χ3n) is 4.65. The first-order valence-electron chi connectivity index (χ1n) is 8.41. The van der Waals surface area contributed by atoms with Crippen LogP contribution in [0.2, 0.25) is 0 Å². The lowest BCUT2D eigenvalue weighted by atomic mass is 9.99. The van der Waals surface area contributed by atoms with Crippen LogP contribution in [0, 0.1) is 0 Å². The van der Waals surface area contributed by atoms with Crippen LogP contribution in [0.3, 0.4) is 0 Å². The molecular weight excluding hydrogens is 342 g/mol. The van der Waals surface area contributed by atoms with Crippen LogP contribution in [0.1, 0.15) is 30.1 Å². The quantitative estimate of drug-likeness (QED) is 0.891. The molecule has 4 rings (SSSR count). The Bertz CT molecular complexity index is 878. The van der Waals surface area contributed by atoms with Crippen molar-refractivity contribution in [3.63, 3.8) is 0 Å². The van der Waals surface area contributed by atoms with Crippen molar-refractivity contribution in [3.05, 3.63) is 41.7 Å². The average Bonchev–Trinajstić information content (AvgIpc) is 3.23. The Hall–Kier alpha value is -1.90. The summed E-state index contributed by atoms with van der Waals surface area (Å²) in [6, 6.07) is 4.71. The van der Waals surface area contributed by atoms with E-state index in [2.05, 4.69) is 9.82 Å². The molecule has 134 valence electrons. The van der Waals surface area contributed by atoms with Gasteiger partial charge in [-0.3, -0.25) is 4.68 Å². The van der Waals surface area contributed by atoms with Crippen molar-refractivity contribution < 1.29 is 17.9 Å². The van der Waals surface area contributed by atoms with Crippen molar-refractivity contribution in [1.29, 1.82) is 0 Å². The Morgan fingerprint density at radius 3 is 3.00 bits per heavy atom. The van der Waals surface area contributed by atoms with Crippen LogP contribution in [0.25, 0.3) is 0 Å². The Morgan fingerprint density at radius 1 is 1.32 bits per heavy atom. The number of nitrogens with one attached hydrogen (secondary N) is 1. The topological polar surface area (TPSA) is 82.5 Å². The molecule has 2 aliphatic rings. The molecule has 0 saturated carbocycles. The summed E-state index contributed by atoms with van der Waals surface area (Å²) in [5.74, 6) is 0.771. The molecule has 0 radical (unpaired) electrons. The maximum Gasteiger partial charge on any atom is 0.240 e. The van der Waals surface area contributed by atoms with Crippen LogP contribution < -0.4 is 9.46 Å². The maximum absolute atomic E-state index is 12.9. The molecule has 0 spiro atoms. The van der Waals surface area contributed by atoms with Gasteiger partial charge in [0.05, 0.1) is 23.7 Å². The van der Waals surface area contributed by atoms with E-state index >= 15 is 0 Å². The molecule has 1 aromatic carbocycles. The lowest BCUT2D eigenvalue weighted by molar-refractivity contribution is -0.00446. The van der Waals surface area contributed by atoms with Gasteiger partial charge in [0.2, 0.25) is 10.0 Å². The zero-order valence-electron chi connectivity index (χ0n) is 14.0. The zero-order chi connectivity index (χ0) is 17.4. The fourth-order valence-electron chi connectivity index (χ4n) is 3.41. The predicted octanol–water partition coefficient (Wildman–Crippen LogP) is 1.55. The number of fused-ring (bicyclic) bond motifs is 1. The van der Waals surface area contributed by atoms with E-state index in [1.54, 1.807) is 29.1 Å². The van der Waals surface area contributed by atoms with Gasteiger partial charge < -0.3 is 9.47 Å². The number of nitrogens with zero attached hydrogens (tertiary/aromatic N) is 2. The molecule has 2 atom stereocenters. The van der Waals surface area contributed by atoms with Gasteiger partial charge in [-0.25, -0.2) is 13.1 Å². The number of benzene rings is 1. The first-order chi connectivity index (χ1) is 12.0. The molecule has 0 unspecified atom stereocenters. The molecule has 1 fully saturated rings. The van der Waals surface area contributed by atoms with Gasteiger partial charge in [0.25, 0.3) is 0 Å². The van der Waals surface area contributed by atoms with Crippen molar-refractivity contribution in [2.24, 2.45) is 7.05 Å². The van der Waals surface area contributed by atoms with Crippen molar-refractivity contribution in [2.75, 3.05) is 13.2 Å².